The van der Waals surface area contributed by atoms with Crippen LogP contribution >= 0.6 is 11.8 Å². The van der Waals surface area contributed by atoms with Crippen LogP contribution in [-0.2, 0) is 9.53 Å². The number of imide groups is 1. The molecule has 2 heterocycles. The summed E-state index contributed by atoms with van der Waals surface area (Å²) in [4.78, 5) is 41.4. The Morgan fingerprint density at radius 1 is 1.28 bits per heavy atom. The van der Waals surface area contributed by atoms with Gasteiger partial charge >= 0.3 is 6.03 Å². The van der Waals surface area contributed by atoms with Crippen molar-refractivity contribution in [3.05, 3.63) is 23.9 Å². The van der Waals surface area contributed by atoms with Gasteiger partial charge in [-0.25, -0.2) is 9.78 Å². The van der Waals surface area contributed by atoms with Crippen molar-refractivity contribution in [1.82, 2.24) is 20.5 Å². The van der Waals surface area contributed by atoms with Crippen LogP contribution in [-0.4, -0.2) is 66.8 Å². The first-order valence-corrected chi connectivity index (χ1v) is 9.03. The maximum atomic E-state index is 12.2. The first-order valence-electron chi connectivity index (χ1n) is 8.05. The molecule has 1 aliphatic rings. The van der Waals surface area contributed by atoms with Gasteiger partial charge in [-0.15, -0.1) is 0 Å². The average Bonchev–Trinajstić information content (AvgIpc) is 3.14. The van der Waals surface area contributed by atoms with Gasteiger partial charge in [0.1, 0.15) is 0 Å². The molecule has 1 fully saturated rings. The number of hydrogen-bond donors (Lipinski definition) is 2. The predicted molar refractivity (Wildman–Crippen MR) is 93.5 cm³/mol. The molecule has 0 spiro atoms. The number of rotatable bonds is 7. The zero-order chi connectivity index (χ0) is 18.1. The van der Waals surface area contributed by atoms with Crippen LogP contribution in [0.3, 0.4) is 0 Å². The second-order valence-corrected chi connectivity index (χ2v) is 6.47. The maximum absolute atomic E-state index is 12.2. The van der Waals surface area contributed by atoms with Crippen molar-refractivity contribution in [3.63, 3.8) is 0 Å². The average molecular weight is 366 g/mol. The largest absolute Gasteiger partial charge is 0.383 e. The van der Waals surface area contributed by atoms with Gasteiger partial charge < -0.3 is 15.0 Å². The van der Waals surface area contributed by atoms with E-state index in [2.05, 4.69) is 15.6 Å². The molecular formula is C16H22N4O4S. The normalized spacial score (nSPS) is 13.6. The summed E-state index contributed by atoms with van der Waals surface area (Å²) in [5.74, 6) is -0.365. The van der Waals surface area contributed by atoms with Gasteiger partial charge in [0.25, 0.3) is 5.91 Å². The van der Waals surface area contributed by atoms with Gasteiger partial charge in [-0.3, -0.25) is 14.9 Å². The molecule has 8 nitrogen and oxygen atoms in total. The third kappa shape index (κ3) is 6.35. The quantitative estimate of drug-likeness (QED) is 0.549. The summed E-state index contributed by atoms with van der Waals surface area (Å²) in [6.07, 6.45) is 3.61. The standard InChI is InChI=1S/C16H22N4O4S/c1-24-9-6-17-16(23)19-13(21)11-25-14-5-4-12(10-18-14)15(22)20-7-2-3-8-20/h4-5,10H,2-3,6-9,11H2,1H3,(H2,17,19,21,23). The summed E-state index contributed by atoms with van der Waals surface area (Å²) in [5, 5.41) is 5.34. The Morgan fingerprint density at radius 3 is 2.68 bits per heavy atom. The topological polar surface area (TPSA) is 101 Å². The molecule has 136 valence electrons. The minimum Gasteiger partial charge on any atom is -0.383 e. The van der Waals surface area contributed by atoms with Gasteiger partial charge in [0.05, 0.1) is 22.9 Å². The maximum Gasteiger partial charge on any atom is 0.321 e. The van der Waals surface area contributed by atoms with Gasteiger partial charge in [0, 0.05) is 32.9 Å². The number of urea groups is 1. The second-order valence-electron chi connectivity index (χ2n) is 5.47. The Labute approximate surface area is 150 Å². The molecule has 0 bridgehead atoms. The molecule has 9 heteroatoms. The number of nitrogens with zero attached hydrogens (tertiary/aromatic N) is 2. The van der Waals surface area contributed by atoms with Crippen molar-refractivity contribution in [2.75, 3.05) is 39.1 Å². The van der Waals surface area contributed by atoms with E-state index < -0.39 is 11.9 Å². The van der Waals surface area contributed by atoms with E-state index in [-0.39, 0.29) is 11.7 Å². The Balaban J connectivity index is 1.74. The molecule has 4 amide bonds. The van der Waals surface area contributed by atoms with E-state index in [1.54, 1.807) is 12.1 Å². The summed E-state index contributed by atoms with van der Waals surface area (Å²) in [6.45, 7) is 2.30. The lowest BCUT2D eigenvalue weighted by Crippen LogP contribution is -2.41. The van der Waals surface area contributed by atoms with Crippen LogP contribution in [0.25, 0.3) is 0 Å². The molecule has 0 unspecified atom stereocenters. The first-order chi connectivity index (χ1) is 12.1. The summed E-state index contributed by atoms with van der Waals surface area (Å²) in [7, 11) is 1.53. The van der Waals surface area contributed by atoms with Crippen LogP contribution in [0.5, 0.6) is 0 Å². The van der Waals surface area contributed by atoms with Crippen LogP contribution in [0.15, 0.2) is 23.4 Å². The highest BCUT2D eigenvalue weighted by Crippen LogP contribution is 2.17. The van der Waals surface area contributed by atoms with E-state index >= 15 is 0 Å². The van der Waals surface area contributed by atoms with Crippen molar-refractivity contribution < 1.29 is 19.1 Å². The van der Waals surface area contributed by atoms with Crippen LogP contribution in [0.4, 0.5) is 4.79 Å². The molecule has 0 saturated carbocycles. The lowest BCUT2D eigenvalue weighted by molar-refractivity contribution is -0.117. The smallest absolute Gasteiger partial charge is 0.321 e. The Bertz CT molecular complexity index is 603. The highest BCUT2D eigenvalue weighted by Gasteiger charge is 2.19. The number of likely N-dealkylation sites (tertiary alicyclic amines) is 1. The molecule has 1 saturated heterocycles. The molecule has 1 aromatic heterocycles. The van der Waals surface area contributed by atoms with Crippen molar-refractivity contribution in [3.8, 4) is 0 Å². The third-order valence-electron chi connectivity index (χ3n) is 3.57. The minimum absolute atomic E-state index is 0.00739. The molecule has 25 heavy (non-hydrogen) atoms. The lowest BCUT2D eigenvalue weighted by atomic mass is 10.2. The van der Waals surface area contributed by atoms with Gasteiger partial charge in [0.2, 0.25) is 5.91 Å². The van der Waals surface area contributed by atoms with Crippen LogP contribution in [0, 0.1) is 0 Å². The first kappa shape index (κ1) is 19.2. The van der Waals surface area contributed by atoms with Crippen molar-refractivity contribution in [1.29, 1.82) is 0 Å². The zero-order valence-electron chi connectivity index (χ0n) is 14.1. The number of thioether (sulfide) groups is 1. The molecule has 0 radical (unpaired) electrons. The number of pyridine rings is 1. The number of carbonyl (C=O) groups excluding carboxylic acids is 3. The fraction of sp³-hybridized carbons (Fsp3) is 0.500. The zero-order valence-corrected chi connectivity index (χ0v) is 14.9. The molecule has 1 aliphatic heterocycles. The van der Waals surface area contributed by atoms with Crippen molar-refractivity contribution in [2.24, 2.45) is 0 Å². The predicted octanol–water partition coefficient (Wildman–Crippen LogP) is 0.882. The number of amides is 4. The number of aromatic nitrogens is 1. The molecule has 2 N–H and O–H groups in total. The highest BCUT2D eigenvalue weighted by atomic mass is 32.2. The van der Waals surface area contributed by atoms with Crippen LogP contribution < -0.4 is 10.6 Å². The number of methoxy groups -OCH3 is 1. The van der Waals surface area contributed by atoms with E-state index in [4.69, 9.17) is 4.74 Å². The van der Waals surface area contributed by atoms with Crippen molar-refractivity contribution >= 4 is 29.6 Å². The fourth-order valence-corrected chi connectivity index (χ4v) is 2.95. The molecule has 2 rings (SSSR count). The van der Waals surface area contributed by atoms with E-state index in [9.17, 15) is 14.4 Å². The Kier molecular flexibility index (Phi) is 7.68. The number of ether oxygens (including phenoxy) is 1. The number of carbonyl (C=O) groups is 3. The fourth-order valence-electron chi connectivity index (χ4n) is 2.31. The number of hydrogen-bond acceptors (Lipinski definition) is 6. The summed E-state index contributed by atoms with van der Waals surface area (Å²) < 4.78 is 4.79. The van der Waals surface area contributed by atoms with Crippen molar-refractivity contribution in [2.45, 2.75) is 17.9 Å². The van der Waals surface area contributed by atoms with Gasteiger partial charge in [0.15, 0.2) is 0 Å². The summed E-state index contributed by atoms with van der Waals surface area (Å²) >= 11 is 1.20. The number of nitrogens with one attached hydrogen (secondary N) is 2. The van der Waals surface area contributed by atoms with Gasteiger partial charge in [-0.05, 0) is 25.0 Å². The molecule has 0 aliphatic carbocycles. The third-order valence-corrected chi connectivity index (χ3v) is 4.52. The molecule has 0 atom stereocenters. The molecule has 0 aromatic carbocycles. The van der Waals surface area contributed by atoms with E-state index in [0.29, 0.717) is 23.7 Å². The lowest BCUT2D eigenvalue weighted by Gasteiger charge is -2.14. The Hall–Kier alpha value is -2.13. The monoisotopic (exact) mass is 366 g/mol. The van der Waals surface area contributed by atoms with E-state index in [1.807, 2.05) is 4.90 Å². The second kappa shape index (κ2) is 10.00. The van der Waals surface area contributed by atoms with E-state index in [0.717, 1.165) is 25.9 Å². The minimum atomic E-state index is -0.554. The highest BCUT2D eigenvalue weighted by molar-refractivity contribution is 7.99. The van der Waals surface area contributed by atoms with Crippen LogP contribution in [0.2, 0.25) is 0 Å². The van der Waals surface area contributed by atoms with Crippen LogP contribution in [0.1, 0.15) is 23.2 Å². The van der Waals surface area contributed by atoms with Gasteiger partial charge in [-0.1, -0.05) is 11.8 Å². The summed E-state index contributed by atoms with van der Waals surface area (Å²) in [6, 6.07) is 2.87. The van der Waals surface area contributed by atoms with E-state index in [1.165, 1.54) is 25.1 Å². The van der Waals surface area contributed by atoms with Gasteiger partial charge in [-0.2, -0.15) is 0 Å². The SMILES string of the molecule is COCCNC(=O)NC(=O)CSc1ccc(C(=O)N2CCCC2)cn1. The molecule has 1 aromatic rings. The summed E-state index contributed by atoms with van der Waals surface area (Å²) in [5.41, 5.74) is 0.549. The Morgan fingerprint density at radius 2 is 2.04 bits per heavy atom. The molecular weight excluding hydrogens is 344 g/mol.